The fourth-order valence-electron chi connectivity index (χ4n) is 5.70. The minimum atomic E-state index is -0.895. The Morgan fingerprint density at radius 2 is 1.33 bits per heavy atom. The molecule has 0 saturated carbocycles. The summed E-state index contributed by atoms with van der Waals surface area (Å²) in [5.41, 5.74) is 3.05. The van der Waals surface area contributed by atoms with Crippen molar-refractivity contribution in [3.05, 3.63) is 63.2 Å². The van der Waals surface area contributed by atoms with Crippen LogP contribution in [0.3, 0.4) is 0 Å². The zero-order valence-corrected chi connectivity index (χ0v) is 32.6. The zero-order valence-electron chi connectivity index (χ0n) is 25.7. The van der Waals surface area contributed by atoms with Gasteiger partial charge in [0.05, 0.1) is 24.2 Å². The van der Waals surface area contributed by atoms with Crippen LogP contribution >= 0.6 is 70.4 Å². The molecule has 3 heterocycles. The number of fused-ring (bicyclic) bond motifs is 1. The highest BCUT2D eigenvalue weighted by Gasteiger charge is 2.21. The van der Waals surface area contributed by atoms with Crippen LogP contribution in [-0.2, 0) is 19.4 Å². The van der Waals surface area contributed by atoms with E-state index in [0.29, 0.717) is 34.9 Å². The molecule has 1 aromatic heterocycles. The molecule has 7 nitrogen and oxygen atoms in total. The number of halogens is 4. The van der Waals surface area contributed by atoms with Gasteiger partial charge in [-0.2, -0.15) is 0 Å². The molecule has 0 spiro atoms. The third-order valence-corrected chi connectivity index (χ3v) is 11.8. The van der Waals surface area contributed by atoms with Gasteiger partial charge in [-0.05, 0) is 133 Å². The van der Waals surface area contributed by atoms with Gasteiger partial charge in [-0.25, -0.2) is 9.59 Å². The summed E-state index contributed by atoms with van der Waals surface area (Å²) in [5, 5.41) is 19.4. The molecule has 0 unspecified atom stereocenters. The number of hydrogen-bond acceptors (Lipinski definition) is 5. The highest BCUT2D eigenvalue weighted by molar-refractivity contribution is 14.1. The van der Waals surface area contributed by atoms with E-state index < -0.39 is 11.9 Å². The molecule has 0 atom stereocenters. The predicted octanol–water partition coefficient (Wildman–Crippen LogP) is 9.62. The first-order valence-electron chi connectivity index (χ1n) is 15.3. The van der Waals surface area contributed by atoms with Gasteiger partial charge in [0.1, 0.15) is 11.3 Å². The number of carbonyl (C=O) groups is 2. The van der Waals surface area contributed by atoms with Crippen molar-refractivity contribution in [3.8, 4) is 12.3 Å². The normalized spacial score (nSPS) is 15.4. The number of nitrogens with zero attached hydrogens (tertiary/aromatic N) is 2. The van der Waals surface area contributed by atoms with Gasteiger partial charge in [-0.1, -0.05) is 64.5 Å². The topological polar surface area (TPSA) is 94.2 Å². The van der Waals surface area contributed by atoms with E-state index in [1.807, 2.05) is 54.6 Å². The third-order valence-electron chi connectivity index (χ3n) is 7.93. The van der Waals surface area contributed by atoms with Crippen LogP contribution < -0.4 is 0 Å². The summed E-state index contributed by atoms with van der Waals surface area (Å²) in [6.07, 6.45) is 14.4. The van der Waals surface area contributed by atoms with Crippen molar-refractivity contribution in [1.82, 2.24) is 9.80 Å². The summed E-state index contributed by atoms with van der Waals surface area (Å²) < 4.78 is 9.10. The fourth-order valence-corrected chi connectivity index (χ4v) is 8.54. The van der Waals surface area contributed by atoms with Gasteiger partial charge in [0, 0.05) is 22.4 Å². The molecule has 244 valence electrons. The molecule has 2 aliphatic rings. The Morgan fingerprint density at radius 1 is 0.822 bits per heavy atom. The first-order valence-corrected chi connectivity index (χ1v) is 18.7. The van der Waals surface area contributed by atoms with E-state index in [-0.39, 0.29) is 0 Å². The molecule has 5 rings (SSSR count). The second-order valence-corrected chi connectivity index (χ2v) is 14.7. The van der Waals surface area contributed by atoms with Crippen molar-refractivity contribution in [2.24, 2.45) is 0 Å². The Balaban J connectivity index is 0.000000205. The summed E-state index contributed by atoms with van der Waals surface area (Å²) in [6.45, 7) is 10.1. The Kier molecular flexibility index (Phi) is 15.9. The fraction of sp³-hybridized carbons (Fsp3) is 0.471. The summed E-state index contributed by atoms with van der Waals surface area (Å²) >= 11 is 12.2. The average Bonchev–Trinajstić information content (AvgIpc) is 3.40. The van der Waals surface area contributed by atoms with E-state index in [9.17, 15) is 14.7 Å². The lowest BCUT2D eigenvalue weighted by molar-refractivity contribution is 0.0685. The largest absolute Gasteiger partial charge is 0.478 e. The molecular formula is C34H40Br3IN2O5. The van der Waals surface area contributed by atoms with E-state index in [4.69, 9.17) is 15.9 Å². The molecule has 0 radical (unpaired) electrons. The maximum atomic E-state index is 11.7. The number of rotatable bonds is 7. The Morgan fingerprint density at radius 3 is 1.84 bits per heavy atom. The molecule has 45 heavy (non-hydrogen) atoms. The molecular weight excluding hydrogens is 883 g/mol. The van der Waals surface area contributed by atoms with Crippen molar-refractivity contribution in [2.45, 2.75) is 71.8 Å². The van der Waals surface area contributed by atoms with Crippen molar-refractivity contribution in [2.75, 3.05) is 32.7 Å². The van der Waals surface area contributed by atoms with E-state index in [1.165, 1.54) is 51.6 Å². The van der Waals surface area contributed by atoms with Gasteiger partial charge in [0.15, 0.2) is 0 Å². The molecule has 11 heteroatoms. The molecule has 2 aliphatic heterocycles. The minimum absolute atomic E-state index is 0.362. The summed E-state index contributed by atoms with van der Waals surface area (Å²) in [4.78, 5) is 27.4. The van der Waals surface area contributed by atoms with Crippen LogP contribution in [0.15, 0.2) is 36.0 Å². The third kappa shape index (κ3) is 10.5. The number of carboxylic acids is 2. The average molecular weight is 923 g/mol. The van der Waals surface area contributed by atoms with Gasteiger partial charge >= 0.3 is 11.9 Å². The first-order chi connectivity index (χ1) is 21.5. The molecule has 3 aromatic rings. The number of hydrogen-bond donors (Lipinski definition) is 2. The lowest BCUT2D eigenvalue weighted by Gasteiger charge is -2.25. The Labute approximate surface area is 305 Å². The van der Waals surface area contributed by atoms with Gasteiger partial charge in [0.25, 0.3) is 0 Å². The van der Waals surface area contributed by atoms with Crippen molar-refractivity contribution in [3.63, 3.8) is 0 Å². The van der Waals surface area contributed by atoms with Crippen LogP contribution in [-0.4, -0.2) is 64.7 Å². The van der Waals surface area contributed by atoms with Crippen LogP contribution in [0.2, 0.25) is 0 Å². The van der Waals surface area contributed by atoms with Gasteiger partial charge in [0.2, 0.25) is 0 Å². The van der Waals surface area contributed by atoms with E-state index >= 15 is 0 Å². The van der Waals surface area contributed by atoms with Crippen molar-refractivity contribution >= 4 is 93.3 Å². The zero-order chi connectivity index (χ0) is 33.1. The van der Waals surface area contributed by atoms with Crippen LogP contribution in [0.4, 0.5) is 0 Å². The van der Waals surface area contributed by atoms with Crippen LogP contribution in [0.1, 0.15) is 90.0 Å². The predicted molar refractivity (Wildman–Crippen MR) is 199 cm³/mol. The molecule has 2 fully saturated rings. The second-order valence-electron chi connectivity index (χ2n) is 11.0. The van der Waals surface area contributed by atoms with Crippen molar-refractivity contribution in [1.29, 1.82) is 0 Å². The standard InChI is InChI=1S/C17H20BrNO3.C9H7Br2IO2.C8H13N/c1-2-12-14(18)9-15-13(16(12)17(20)21)8-11(22-15)10-19-6-4-3-5-7-19;1-2-4-5(10)3-6(11)8(12)7(4)9(13)14;1-2-6-9-7-4-3-5-8-9/h8-9H,2-7,10H2,1H3,(H,20,21);3H,2H2,1H3,(H,13,14);1H,3-8H2. The molecule has 0 aliphatic carbocycles. The molecule has 2 aromatic carbocycles. The van der Waals surface area contributed by atoms with Crippen molar-refractivity contribution < 1.29 is 24.2 Å². The SMILES string of the molecule is C#CCN1CCCCC1.CCc1c(Br)cc(Br)c(I)c1C(=O)O.CCc1c(Br)cc2oc(CN3CCCCC3)cc2c1C(=O)O. The number of likely N-dealkylation sites (tertiary alicyclic amines) is 2. The lowest BCUT2D eigenvalue weighted by atomic mass is 10.0. The molecule has 0 amide bonds. The summed E-state index contributed by atoms with van der Waals surface area (Å²) in [6, 6.07) is 5.67. The van der Waals surface area contributed by atoms with Crippen LogP contribution in [0.25, 0.3) is 11.0 Å². The smallest absolute Gasteiger partial charge is 0.337 e. The maximum absolute atomic E-state index is 11.7. The van der Waals surface area contributed by atoms with Crippen LogP contribution in [0, 0.1) is 15.9 Å². The Bertz CT molecular complexity index is 1520. The number of benzene rings is 2. The highest BCUT2D eigenvalue weighted by atomic mass is 127. The lowest BCUT2D eigenvalue weighted by Crippen LogP contribution is -2.29. The number of piperidine rings is 2. The number of terminal acetylenes is 1. The highest BCUT2D eigenvalue weighted by Crippen LogP contribution is 2.34. The number of furan rings is 1. The summed E-state index contributed by atoms with van der Waals surface area (Å²) in [5.74, 6) is 1.73. The van der Waals surface area contributed by atoms with E-state index in [1.54, 1.807) is 0 Å². The maximum Gasteiger partial charge on any atom is 0.337 e. The van der Waals surface area contributed by atoms with Crippen LogP contribution in [0.5, 0.6) is 0 Å². The van der Waals surface area contributed by atoms with Gasteiger partial charge < -0.3 is 14.6 Å². The minimum Gasteiger partial charge on any atom is -0.478 e. The Hall–Kier alpha value is -1.43. The second kappa shape index (κ2) is 18.8. The van der Waals surface area contributed by atoms with E-state index in [2.05, 4.69) is 63.5 Å². The molecule has 2 saturated heterocycles. The summed E-state index contributed by atoms with van der Waals surface area (Å²) in [7, 11) is 0. The van der Waals surface area contributed by atoms with E-state index in [0.717, 1.165) is 60.1 Å². The first kappa shape index (κ1) is 38.0. The molecule has 2 N–H and O–H groups in total. The molecule has 0 bridgehead atoms. The number of aromatic carboxylic acids is 2. The van der Waals surface area contributed by atoms with Gasteiger partial charge in [-0.3, -0.25) is 9.80 Å². The monoisotopic (exact) mass is 920 g/mol. The quantitative estimate of drug-likeness (QED) is 0.139. The number of carboxylic acid groups (broad SMARTS) is 2. The van der Waals surface area contributed by atoms with Gasteiger partial charge in [-0.15, -0.1) is 6.42 Å².